The van der Waals surface area contributed by atoms with Crippen LogP contribution in [0.5, 0.6) is 0 Å². The largest absolute Gasteiger partial charge is 0.472 e. The SMILES string of the molecule is CCC/C=C\C/C=C\CCCCCCCC(=O)OC(COC(=O)CCCCCCCCCCC/C=C\CCCCCCCC)COP(=O)(O)OC1C(O)C(O)C(O)C(O)C1O. The van der Waals surface area contributed by atoms with Crippen LogP contribution in [0, 0.1) is 0 Å². The lowest BCUT2D eigenvalue weighted by Gasteiger charge is -2.41. The van der Waals surface area contributed by atoms with Crippen molar-refractivity contribution in [3.05, 3.63) is 36.5 Å². The molecule has 0 aliphatic heterocycles. The summed E-state index contributed by atoms with van der Waals surface area (Å²) < 4.78 is 33.5. The number of aliphatic hydroxyl groups is 5. The summed E-state index contributed by atoms with van der Waals surface area (Å²) in [5.74, 6) is -1.12. The minimum Gasteiger partial charge on any atom is -0.462 e. The number of hydrogen-bond donors (Lipinski definition) is 6. The van der Waals surface area contributed by atoms with Gasteiger partial charge in [-0.05, 0) is 64.2 Å². The average molecular weight is 889 g/mol. The molecule has 0 spiro atoms. The molecule has 6 unspecified atom stereocenters. The minimum absolute atomic E-state index is 0.0804. The van der Waals surface area contributed by atoms with E-state index in [1.54, 1.807) is 0 Å². The van der Waals surface area contributed by atoms with Crippen LogP contribution in [0.15, 0.2) is 36.5 Å². The number of esters is 2. The third-order valence-corrected chi connectivity index (χ3v) is 11.9. The van der Waals surface area contributed by atoms with E-state index in [1.165, 1.54) is 77.0 Å². The molecular weight excluding hydrogens is 803 g/mol. The first-order chi connectivity index (χ1) is 29.4. The zero-order valence-corrected chi connectivity index (χ0v) is 38.6. The number of ether oxygens (including phenoxy) is 2. The third-order valence-electron chi connectivity index (χ3n) is 10.9. The summed E-state index contributed by atoms with van der Waals surface area (Å²) in [6.07, 6.45) is 29.1. The average Bonchev–Trinajstić information content (AvgIpc) is 3.24. The molecule has 1 saturated carbocycles. The maximum atomic E-state index is 12.8. The lowest BCUT2D eigenvalue weighted by atomic mass is 9.85. The van der Waals surface area contributed by atoms with Gasteiger partial charge in [0.25, 0.3) is 0 Å². The van der Waals surface area contributed by atoms with E-state index in [0.717, 1.165) is 77.0 Å². The molecule has 1 aliphatic carbocycles. The minimum atomic E-state index is -5.12. The van der Waals surface area contributed by atoms with E-state index in [9.17, 15) is 44.6 Å². The summed E-state index contributed by atoms with van der Waals surface area (Å²) in [4.78, 5) is 35.7. The molecule has 1 rings (SSSR count). The molecule has 61 heavy (non-hydrogen) atoms. The van der Waals surface area contributed by atoms with Crippen LogP contribution in [-0.4, -0.2) is 98.3 Å². The van der Waals surface area contributed by atoms with Gasteiger partial charge in [-0.2, -0.15) is 0 Å². The molecular formula is C47H85O13P. The predicted octanol–water partition coefficient (Wildman–Crippen LogP) is 9.39. The Morgan fingerprint density at radius 2 is 0.918 bits per heavy atom. The van der Waals surface area contributed by atoms with Crippen LogP contribution in [0.25, 0.3) is 0 Å². The Hall–Kier alpha value is -1.93. The monoisotopic (exact) mass is 889 g/mol. The molecule has 0 saturated heterocycles. The number of unbranched alkanes of at least 4 members (excludes halogenated alkanes) is 21. The third kappa shape index (κ3) is 30.0. The summed E-state index contributed by atoms with van der Waals surface area (Å²) in [6.45, 7) is 3.22. The highest BCUT2D eigenvalue weighted by molar-refractivity contribution is 7.47. The van der Waals surface area contributed by atoms with E-state index in [4.69, 9.17) is 18.5 Å². The van der Waals surface area contributed by atoms with E-state index in [0.29, 0.717) is 12.8 Å². The van der Waals surface area contributed by atoms with Gasteiger partial charge in [-0.25, -0.2) is 4.57 Å². The van der Waals surface area contributed by atoms with Crippen LogP contribution >= 0.6 is 7.82 Å². The molecule has 6 N–H and O–H groups in total. The second-order valence-electron chi connectivity index (χ2n) is 16.6. The van der Waals surface area contributed by atoms with Crippen molar-refractivity contribution in [3.8, 4) is 0 Å². The Bertz CT molecular complexity index is 1210. The summed E-state index contributed by atoms with van der Waals surface area (Å²) in [5.41, 5.74) is 0. The van der Waals surface area contributed by atoms with Gasteiger partial charge in [0.1, 0.15) is 43.2 Å². The maximum Gasteiger partial charge on any atom is 0.472 e. The summed E-state index contributed by atoms with van der Waals surface area (Å²) in [6, 6.07) is 0. The molecule has 0 bridgehead atoms. The van der Waals surface area contributed by atoms with Crippen molar-refractivity contribution >= 4 is 19.8 Å². The topological polar surface area (TPSA) is 210 Å². The molecule has 0 heterocycles. The van der Waals surface area contributed by atoms with Crippen molar-refractivity contribution in [2.75, 3.05) is 13.2 Å². The number of hydrogen-bond acceptors (Lipinski definition) is 12. The van der Waals surface area contributed by atoms with E-state index in [2.05, 4.69) is 50.3 Å². The van der Waals surface area contributed by atoms with Crippen LogP contribution < -0.4 is 0 Å². The maximum absolute atomic E-state index is 12.8. The molecule has 0 amide bonds. The van der Waals surface area contributed by atoms with Crippen molar-refractivity contribution in [1.82, 2.24) is 0 Å². The normalized spacial score (nSPS) is 22.3. The van der Waals surface area contributed by atoms with Crippen molar-refractivity contribution in [2.24, 2.45) is 0 Å². The second-order valence-corrected chi connectivity index (χ2v) is 18.0. The highest BCUT2D eigenvalue weighted by Crippen LogP contribution is 2.47. The lowest BCUT2D eigenvalue weighted by molar-refractivity contribution is -0.220. The van der Waals surface area contributed by atoms with Crippen LogP contribution in [-0.2, 0) is 32.7 Å². The molecule has 14 heteroatoms. The number of aliphatic hydroxyl groups excluding tert-OH is 5. The van der Waals surface area contributed by atoms with Gasteiger partial charge in [0.2, 0.25) is 0 Å². The fraction of sp³-hybridized carbons (Fsp3) is 0.830. The van der Waals surface area contributed by atoms with Gasteiger partial charge >= 0.3 is 19.8 Å². The Balaban J connectivity index is 2.42. The summed E-state index contributed by atoms with van der Waals surface area (Å²) >= 11 is 0. The quantitative estimate of drug-likeness (QED) is 0.0147. The molecule has 0 radical (unpaired) electrons. The number of carbonyl (C=O) groups excluding carboxylic acids is 2. The van der Waals surface area contributed by atoms with E-state index >= 15 is 0 Å². The number of phosphoric acid groups is 1. The molecule has 0 aromatic rings. The number of allylic oxidation sites excluding steroid dienone is 6. The van der Waals surface area contributed by atoms with Gasteiger partial charge in [0.15, 0.2) is 6.10 Å². The predicted molar refractivity (Wildman–Crippen MR) is 240 cm³/mol. The molecule has 0 aromatic heterocycles. The molecule has 0 aromatic carbocycles. The Morgan fingerprint density at radius 1 is 0.508 bits per heavy atom. The van der Waals surface area contributed by atoms with E-state index < -0.39 is 75.7 Å². The second kappa shape index (κ2) is 37.4. The Morgan fingerprint density at radius 3 is 1.41 bits per heavy atom. The highest BCUT2D eigenvalue weighted by Gasteiger charge is 2.51. The smallest absolute Gasteiger partial charge is 0.462 e. The highest BCUT2D eigenvalue weighted by atomic mass is 31.2. The van der Waals surface area contributed by atoms with Crippen molar-refractivity contribution in [2.45, 2.75) is 236 Å². The van der Waals surface area contributed by atoms with Crippen LogP contribution in [0.2, 0.25) is 0 Å². The number of rotatable bonds is 39. The fourth-order valence-electron chi connectivity index (χ4n) is 7.08. The van der Waals surface area contributed by atoms with Gasteiger partial charge in [0.05, 0.1) is 6.61 Å². The molecule has 13 nitrogen and oxygen atoms in total. The summed E-state index contributed by atoms with van der Waals surface area (Å²) in [7, 11) is -5.12. The Kier molecular flexibility index (Phi) is 35.0. The summed E-state index contributed by atoms with van der Waals surface area (Å²) in [5, 5.41) is 50.1. The van der Waals surface area contributed by atoms with E-state index in [-0.39, 0.29) is 12.8 Å². The van der Waals surface area contributed by atoms with Gasteiger partial charge in [-0.1, -0.05) is 153 Å². The first kappa shape index (κ1) is 57.1. The van der Waals surface area contributed by atoms with Crippen LogP contribution in [0.3, 0.4) is 0 Å². The van der Waals surface area contributed by atoms with E-state index in [1.807, 2.05) is 0 Å². The fourth-order valence-corrected chi connectivity index (χ4v) is 8.06. The van der Waals surface area contributed by atoms with Crippen molar-refractivity contribution < 1.29 is 63.1 Å². The van der Waals surface area contributed by atoms with Gasteiger partial charge < -0.3 is 39.9 Å². The first-order valence-corrected chi connectivity index (χ1v) is 25.3. The zero-order valence-electron chi connectivity index (χ0n) is 37.7. The standard InChI is InChI=1S/C47H85O13P/c1-3-5-7-9-11-13-15-17-18-19-20-21-22-24-25-27-29-31-33-35-40(48)57-37-39(38-58-61(55,56)60-47-45(53)43(51)42(50)44(52)46(47)54)59-41(49)36-34-32-30-28-26-23-16-14-12-10-8-6-4-2/h8,10,14,16-18,39,42-47,50-54H,3-7,9,11-13,15,19-38H2,1-2H3,(H,55,56)/b10-8-,16-14-,18-17-. The molecule has 356 valence electrons. The van der Waals surface area contributed by atoms with Gasteiger partial charge in [0, 0.05) is 12.8 Å². The zero-order chi connectivity index (χ0) is 45.0. The number of carbonyl (C=O) groups is 2. The van der Waals surface area contributed by atoms with Crippen LogP contribution in [0.4, 0.5) is 0 Å². The van der Waals surface area contributed by atoms with Gasteiger partial charge in [-0.15, -0.1) is 0 Å². The number of phosphoric ester groups is 1. The molecule has 6 atom stereocenters. The molecule has 1 fully saturated rings. The lowest BCUT2D eigenvalue weighted by Crippen LogP contribution is -2.64. The molecule has 1 aliphatic rings. The van der Waals surface area contributed by atoms with Crippen molar-refractivity contribution in [3.63, 3.8) is 0 Å². The van der Waals surface area contributed by atoms with Crippen molar-refractivity contribution in [1.29, 1.82) is 0 Å². The Labute approximate surface area is 368 Å². The first-order valence-electron chi connectivity index (χ1n) is 23.8. The van der Waals surface area contributed by atoms with Gasteiger partial charge in [-0.3, -0.25) is 18.6 Å². The van der Waals surface area contributed by atoms with Crippen LogP contribution in [0.1, 0.15) is 194 Å².